The fourth-order valence-electron chi connectivity index (χ4n) is 3.82. The smallest absolute Gasteiger partial charge is 0.260 e. The maximum Gasteiger partial charge on any atom is 0.260 e. The molecule has 3 heterocycles. The monoisotopic (exact) mass is 411 g/mol. The van der Waals surface area contributed by atoms with Crippen LogP contribution in [0.2, 0.25) is 5.02 Å². The third kappa shape index (κ3) is 4.31. The lowest BCUT2D eigenvalue weighted by molar-refractivity contribution is 0.162. The lowest BCUT2D eigenvalue weighted by Gasteiger charge is -2.24. The molecule has 0 saturated carbocycles. The van der Waals surface area contributed by atoms with Crippen LogP contribution in [0.5, 0.6) is 5.75 Å². The number of hydrogen-bond donors (Lipinski definition) is 1. The van der Waals surface area contributed by atoms with E-state index in [0.29, 0.717) is 22.7 Å². The molecular formula is C23H26ClN3O2. The van der Waals surface area contributed by atoms with Crippen molar-refractivity contribution in [3.8, 4) is 16.9 Å². The van der Waals surface area contributed by atoms with E-state index in [-0.39, 0.29) is 11.7 Å². The van der Waals surface area contributed by atoms with Gasteiger partial charge in [0.1, 0.15) is 11.9 Å². The predicted octanol–water partition coefficient (Wildman–Crippen LogP) is 4.65. The Balaban J connectivity index is 1.72. The number of nitrogens with one attached hydrogen (secondary N) is 1. The first-order valence-electron chi connectivity index (χ1n) is 10.3. The first-order chi connectivity index (χ1) is 14.2. The molecule has 1 aliphatic heterocycles. The number of benzene rings is 1. The first-order valence-corrected chi connectivity index (χ1v) is 10.7. The number of rotatable bonds is 6. The van der Waals surface area contributed by atoms with E-state index < -0.39 is 0 Å². The van der Waals surface area contributed by atoms with Gasteiger partial charge in [0.25, 0.3) is 5.56 Å². The molecule has 0 bridgehead atoms. The second-order valence-electron chi connectivity index (χ2n) is 7.53. The van der Waals surface area contributed by atoms with Crippen molar-refractivity contribution >= 4 is 22.4 Å². The summed E-state index contributed by atoms with van der Waals surface area (Å²) in [7, 11) is 0. The fraction of sp³-hybridized carbons (Fsp3) is 0.391. The standard InChI is InChI=1S/C23H26ClN3O2/c1-2-3-12-27-15-20(18-8-11-26-14-19(18)23(27)28)16-4-5-22(21(24)13-16)29-17-6-9-25-10-7-17/h4-5,8,11,13-15,17,25H,2-3,6-7,9-10,12H2,1H3. The summed E-state index contributed by atoms with van der Waals surface area (Å²) in [6.07, 6.45) is 9.46. The zero-order chi connectivity index (χ0) is 20.2. The minimum atomic E-state index is 0.00209. The topological polar surface area (TPSA) is 56.1 Å². The number of nitrogens with zero attached hydrogens (tertiary/aromatic N) is 2. The summed E-state index contributed by atoms with van der Waals surface area (Å²) in [5.74, 6) is 0.715. The van der Waals surface area contributed by atoms with Gasteiger partial charge in [0.15, 0.2) is 0 Å². The van der Waals surface area contributed by atoms with Crippen LogP contribution in [0.3, 0.4) is 0 Å². The Morgan fingerprint density at radius 1 is 1.24 bits per heavy atom. The number of halogens is 1. The van der Waals surface area contributed by atoms with E-state index >= 15 is 0 Å². The molecule has 2 aromatic heterocycles. The fourth-order valence-corrected chi connectivity index (χ4v) is 4.04. The molecule has 3 aromatic rings. The summed E-state index contributed by atoms with van der Waals surface area (Å²) < 4.78 is 7.91. The van der Waals surface area contributed by atoms with E-state index in [2.05, 4.69) is 17.2 Å². The highest BCUT2D eigenvalue weighted by Gasteiger charge is 2.17. The highest BCUT2D eigenvalue weighted by atomic mass is 35.5. The molecule has 1 fully saturated rings. The summed E-state index contributed by atoms with van der Waals surface area (Å²) >= 11 is 6.58. The molecule has 1 aliphatic rings. The van der Waals surface area contributed by atoms with Crippen molar-refractivity contribution < 1.29 is 4.74 Å². The number of hydrogen-bond acceptors (Lipinski definition) is 4. The number of aryl methyl sites for hydroxylation is 1. The van der Waals surface area contributed by atoms with Crippen LogP contribution in [0.15, 0.2) is 47.7 Å². The number of pyridine rings is 2. The van der Waals surface area contributed by atoms with Gasteiger partial charge in [-0.05, 0) is 61.5 Å². The van der Waals surface area contributed by atoms with Crippen molar-refractivity contribution in [2.45, 2.75) is 45.3 Å². The van der Waals surface area contributed by atoms with Gasteiger partial charge in [0.05, 0.1) is 10.4 Å². The normalized spacial score (nSPS) is 15.0. The Hall–Kier alpha value is -2.37. The summed E-state index contributed by atoms with van der Waals surface area (Å²) in [5.41, 5.74) is 1.95. The van der Waals surface area contributed by atoms with Gasteiger partial charge in [-0.1, -0.05) is 31.0 Å². The van der Waals surface area contributed by atoms with Gasteiger partial charge >= 0.3 is 0 Å². The van der Waals surface area contributed by atoms with Crippen LogP contribution in [0.4, 0.5) is 0 Å². The molecule has 1 aromatic carbocycles. The summed E-state index contributed by atoms with van der Waals surface area (Å²) in [5, 5.41) is 5.45. The van der Waals surface area contributed by atoms with Gasteiger partial charge < -0.3 is 14.6 Å². The second-order valence-corrected chi connectivity index (χ2v) is 7.94. The van der Waals surface area contributed by atoms with Crippen LogP contribution < -0.4 is 15.6 Å². The molecular weight excluding hydrogens is 386 g/mol. The van der Waals surface area contributed by atoms with Crippen LogP contribution in [-0.4, -0.2) is 28.7 Å². The molecule has 4 rings (SSSR count). The maximum atomic E-state index is 12.8. The van der Waals surface area contributed by atoms with Crippen LogP contribution in [-0.2, 0) is 6.54 Å². The van der Waals surface area contributed by atoms with Crippen LogP contribution in [0, 0.1) is 0 Å². The summed E-state index contributed by atoms with van der Waals surface area (Å²) in [4.78, 5) is 17.0. The Kier molecular flexibility index (Phi) is 6.16. The van der Waals surface area contributed by atoms with Crippen molar-refractivity contribution in [1.29, 1.82) is 0 Å². The molecule has 29 heavy (non-hydrogen) atoms. The number of fused-ring (bicyclic) bond motifs is 1. The molecule has 0 atom stereocenters. The molecule has 6 heteroatoms. The lowest BCUT2D eigenvalue weighted by atomic mass is 10.0. The largest absolute Gasteiger partial charge is 0.489 e. The van der Waals surface area contributed by atoms with Crippen molar-refractivity contribution in [1.82, 2.24) is 14.9 Å². The minimum Gasteiger partial charge on any atom is -0.489 e. The Bertz CT molecular complexity index is 1060. The average molecular weight is 412 g/mol. The van der Waals surface area contributed by atoms with Gasteiger partial charge in [0, 0.05) is 30.7 Å². The molecule has 5 nitrogen and oxygen atoms in total. The SMILES string of the molecule is CCCCn1cc(-c2ccc(OC3CCNCC3)c(Cl)c2)c2ccncc2c1=O. The second kappa shape index (κ2) is 8.97. The molecule has 0 unspecified atom stereocenters. The van der Waals surface area contributed by atoms with Gasteiger partial charge in [-0.15, -0.1) is 0 Å². The van der Waals surface area contributed by atoms with E-state index in [1.807, 2.05) is 30.5 Å². The quantitative estimate of drug-likeness (QED) is 0.641. The summed E-state index contributed by atoms with van der Waals surface area (Å²) in [6, 6.07) is 7.78. The van der Waals surface area contributed by atoms with Gasteiger partial charge in [-0.2, -0.15) is 0 Å². The third-order valence-corrected chi connectivity index (χ3v) is 5.76. The van der Waals surface area contributed by atoms with Gasteiger partial charge in [-0.3, -0.25) is 9.78 Å². The number of ether oxygens (including phenoxy) is 1. The molecule has 0 radical (unpaired) electrons. The van der Waals surface area contributed by atoms with Crippen molar-refractivity contribution in [3.63, 3.8) is 0 Å². The van der Waals surface area contributed by atoms with Crippen molar-refractivity contribution in [2.75, 3.05) is 13.1 Å². The van der Waals surface area contributed by atoms with Gasteiger partial charge in [0.2, 0.25) is 0 Å². The molecule has 0 spiro atoms. The maximum absolute atomic E-state index is 12.8. The Labute approximate surface area is 175 Å². The van der Waals surface area contributed by atoms with E-state index in [9.17, 15) is 4.79 Å². The van der Waals surface area contributed by atoms with Crippen LogP contribution >= 0.6 is 11.6 Å². The Morgan fingerprint density at radius 2 is 2.07 bits per heavy atom. The van der Waals surface area contributed by atoms with Crippen LogP contribution in [0.25, 0.3) is 21.9 Å². The summed E-state index contributed by atoms with van der Waals surface area (Å²) in [6.45, 7) is 4.76. The zero-order valence-electron chi connectivity index (χ0n) is 16.7. The van der Waals surface area contributed by atoms with Gasteiger partial charge in [-0.25, -0.2) is 0 Å². The highest BCUT2D eigenvalue weighted by Crippen LogP contribution is 2.34. The van der Waals surface area contributed by atoms with E-state index in [1.165, 1.54) is 0 Å². The van der Waals surface area contributed by atoms with E-state index in [1.54, 1.807) is 17.0 Å². The van der Waals surface area contributed by atoms with Crippen molar-refractivity contribution in [2.24, 2.45) is 0 Å². The van der Waals surface area contributed by atoms with E-state index in [0.717, 1.165) is 55.3 Å². The number of piperidine rings is 1. The molecule has 1 N–H and O–H groups in total. The van der Waals surface area contributed by atoms with Crippen LogP contribution in [0.1, 0.15) is 32.6 Å². The average Bonchev–Trinajstić information content (AvgIpc) is 2.76. The third-order valence-electron chi connectivity index (χ3n) is 5.46. The Morgan fingerprint density at radius 3 is 2.83 bits per heavy atom. The zero-order valence-corrected chi connectivity index (χ0v) is 17.4. The van der Waals surface area contributed by atoms with E-state index in [4.69, 9.17) is 16.3 Å². The number of unbranched alkanes of at least 4 members (excludes halogenated alkanes) is 1. The lowest BCUT2D eigenvalue weighted by Crippen LogP contribution is -2.34. The molecule has 0 aliphatic carbocycles. The number of aromatic nitrogens is 2. The first kappa shape index (κ1) is 19.9. The molecule has 0 amide bonds. The highest BCUT2D eigenvalue weighted by molar-refractivity contribution is 6.32. The molecule has 152 valence electrons. The predicted molar refractivity (Wildman–Crippen MR) is 118 cm³/mol. The minimum absolute atomic E-state index is 0.00209. The van der Waals surface area contributed by atoms with Crippen molar-refractivity contribution in [3.05, 3.63) is 58.2 Å². The molecule has 1 saturated heterocycles.